The normalized spacial score (nSPS) is 43.9. The second-order valence-electron chi connectivity index (χ2n) is 17.5. The second kappa shape index (κ2) is 22.7. The van der Waals surface area contributed by atoms with Gasteiger partial charge in [0.05, 0.1) is 31.5 Å². The van der Waals surface area contributed by atoms with Crippen LogP contribution in [0.25, 0.3) is 0 Å². The van der Waals surface area contributed by atoms with Crippen LogP contribution >= 0.6 is 0 Å². The van der Waals surface area contributed by atoms with Crippen LogP contribution in [-0.2, 0) is 38.0 Å². The summed E-state index contributed by atoms with van der Waals surface area (Å²) in [6, 6.07) is 0. The van der Waals surface area contributed by atoms with E-state index in [1.165, 1.54) is 27.2 Å². The lowest BCUT2D eigenvalue weighted by molar-refractivity contribution is -0.392. The molecular weight excluding hydrogens is 792 g/mol. The van der Waals surface area contributed by atoms with Gasteiger partial charge in [0.15, 0.2) is 6.29 Å². The summed E-state index contributed by atoms with van der Waals surface area (Å²) in [6.07, 6.45) is -1.84. The monoisotopic (exact) mass is 867 g/mol. The molecule has 61 heavy (non-hydrogen) atoms. The molecule has 3 heterocycles. The molecule has 15 heteroatoms. The van der Waals surface area contributed by atoms with Gasteiger partial charge in [-0.2, -0.15) is 0 Å². The first-order valence-corrected chi connectivity index (χ1v) is 21.2. The van der Waals surface area contributed by atoms with E-state index in [1.807, 2.05) is 52.8 Å². The molecule has 3 rings (SSSR count). The topological polar surface area (TPSA) is 223 Å². The first-order valence-electron chi connectivity index (χ1n) is 21.2. The lowest BCUT2D eigenvalue weighted by Crippen LogP contribution is -2.72. The number of cyclic esters (lactones) is 1. The molecule has 7 N–H and O–H groups in total. The van der Waals surface area contributed by atoms with E-state index in [0.717, 1.165) is 22.3 Å². The minimum atomic E-state index is -2.26. The van der Waals surface area contributed by atoms with E-state index in [0.29, 0.717) is 18.8 Å². The molecule has 0 aromatic carbocycles. The van der Waals surface area contributed by atoms with Gasteiger partial charge in [0.1, 0.15) is 48.0 Å². The number of rotatable bonds is 10. The highest BCUT2D eigenvalue weighted by Crippen LogP contribution is 2.44. The Morgan fingerprint density at radius 3 is 2.10 bits per heavy atom. The predicted molar refractivity (Wildman–Crippen MR) is 227 cm³/mol. The summed E-state index contributed by atoms with van der Waals surface area (Å²) in [4.78, 5) is 14.0. The van der Waals surface area contributed by atoms with Crippen molar-refractivity contribution in [3.63, 3.8) is 0 Å². The van der Waals surface area contributed by atoms with Crippen molar-refractivity contribution >= 4 is 5.97 Å². The summed E-state index contributed by atoms with van der Waals surface area (Å²) in [5, 5.41) is 78.4. The Bertz CT molecular complexity index is 1650. The molecule has 0 bridgehead atoms. The van der Waals surface area contributed by atoms with E-state index in [4.69, 9.17) is 33.2 Å². The SMILES string of the molecule is COCCCC1OC(O)(C(C)C2CC(C)C(O)/C=C(C)/C=C(\C)C=C(C)C(OC3OC(C)C(O)C(O)C3O)C(C)/C=C(C)/C=C(OC)/C=C(\C)C(=O)O2)C(OC)C(O)C1(C)O. The molecule has 0 saturated carbocycles. The Balaban J connectivity index is 2.13. The van der Waals surface area contributed by atoms with Gasteiger partial charge in [-0.05, 0) is 91.4 Å². The number of methoxy groups -OCH3 is 3. The zero-order chi connectivity index (χ0) is 46.1. The molecule has 2 fully saturated rings. The lowest BCUT2D eigenvalue weighted by atomic mass is 9.75. The molecule has 348 valence electrons. The highest BCUT2D eigenvalue weighted by atomic mass is 16.7. The largest absolute Gasteiger partial charge is 0.497 e. The molecule has 0 aliphatic carbocycles. The van der Waals surface area contributed by atoms with Gasteiger partial charge >= 0.3 is 5.97 Å². The van der Waals surface area contributed by atoms with Crippen LogP contribution in [-0.4, -0.2) is 148 Å². The maximum atomic E-state index is 14.0. The van der Waals surface area contributed by atoms with Gasteiger partial charge in [-0.3, -0.25) is 0 Å². The van der Waals surface area contributed by atoms with Crippen LogP contribution in [0.15, 0.2) is 70.1 Å². The van der Waals surface area contributed by atoms with Gasteiger partial charge in [-0.25, -0.2) is 4.79 Å². The third-order valence-corrected chi connectivity index (χ3v) is 12.2. The number of hydrogen-bond donors (Lipinski definition) is 7. The van der Waals surface area contributed by atoms with E-state index < -0.39 is 96.5 Å². The van der Waals surface area contributed by atoms with Crippen molar-refractivity contribution in [1.82, 2.24) is 0 Å². The Morgan fingerprint density at radius 1 is 0.852 bits per heavy atom. The summed E-state index contributed by atoms with van der Waals surface area (Å²) in [5.74, 6) is -4.64. The number of carbonyl (C=O) groups excluding carboxylic acids is 1. The maximum Gasteiger partial charge on any atom is 0.334 e. The number of carbonyl (C=O) groups is 1. The van der Waals surface area contributed by atoms with Crippen molar-refractivity contribution in [2.24, 2.45) is 17.8 Å². The third kappa shape index (κ3) is 13.1. The third-order valence-electron chi connectivity index (χ3n) is 12.2. The molecule has 0 spiro atoms. The molecule has 3 aliphatic rings. The van der Waals surface area contributed by atoms with Crippen LogP contribution in [0, 0.1) is 17.8 Å². The smallest absolute Gasteiger partial charge is 0.334 e. The summed E-state index contributed by atoms with van der Waals surface area (Å²) in [6.45, 7) is 17.7. The van der Waals surface area contributed by atoms with Crippen LogP contribution in [0.1, 0.15) is 88.5 Å². The number of aliphatic hydroxyl groups excluding tert-OH is 5. The molecule has 15 nitrogen and oxygen atoms in total. The molecule has 0 aromatic heterocycles. The van der Waals surface area contributed by atoms with Gasteiger partial charge in [0, 0.05) is 38.2 Å². The Labute approximate surface area is 362 Å². The molecule has 0 aromatic rings. The first-order chi connectivity index (χ1) is 28.4. The lowest BCUT2D eigenvalue weighted by Gasteiger charge is -2.54. The van der Waals surface area contributed by atoms with Crippen molar-refractivity contribution in [3.05, 3.63) is 70.1 Å². The maximum absolute atomic E-state index is 14.0. The van der Waals surface area contributed by atoms with Crippen molar-refractivity contribution in [3.8, 4) is 0 Å². The summed E-state index contributed by atoms with van der Waals surface area (Å²) >= 11 is 0. The average molecular weight is 867 g/mol. The Morgan fingerprint density at radius 2 is 1.49 bits per heavy atom. The van der Waals surface area contributed by atoms with Crippen LogP contribution in [0.5, 0.6) is 0 Å². The first kappa shape index (κ1) is 52.6. The summed E-state index contributed by atoms with van der Waals surface area (Å²) in [5.41, 5.74) is 1.39. The van der Waals surface area contributed by atoms with Crippen LogP contribution in [0.4, 0.5) is 0 Å². The number of aliphatic hydroxyl groups is 7. The van der Waals surface area contributed by atoms with Crippen LogP contribution in [0.2, 0.25) is 0 Å². The minimum Gasteiger partial charge on any atom is -0.497 e. The Hall–Kier alpha value is -2.77. The molecule has 0 radical (unpaired) electrons. The summed E-state index contributed by atoms with van der Waals surface area (Å²) in [7, 11) is 4.29. The van der Waals surface area contributed by atoms with E-state index in [9.17, 15) is 40.5 Å². The average Bonchev–Trinajstić information content (AvgIpc) is 3.18. The Kier molecular flexibility index (Phi) is 19.6. The van der Waals surface area contributed by atoms with Gasteiger partial charge in [-0.15, -0.1) is 0 Å². The zero-order valence-electron chi connectivity index (χ0n) is 38.3. The van der Waals surface area contributed by atoms with Gasteiger partial charge in [0.2, 0.25) is 5.79 Å². The van der Waals surface area contributed by atoms with Crippen LogP contribution < -0.4 is 0 Å². The standard InChI is InChI=1S/C46H74O15/c1-24-17-25(2)21-34(47)27(4)23-35(31(8)46(54)42(57-13)41(51)45(10,53)36(61-46)15-14-16-55-11)59-43(52)30(7)22-33(56-12)20-26(3)19-29(6)40(28(5)18-24)60-44-39(50)38(49)37(48)32(9)58-44/h17-22,27,29,31-32,34-42,44,47-51,53-54H,14-16,23H2,1-13H3/b24-17+,25-21+,26-19+,28-18?,30-22+,33-20-. The van der Waals surface area contributed by atoms with E-state index >= 15 is 0 Å². The number of esters is 1. The summed E-state index contributed by atoms with van der Waals surface area (Å²) < 4.78 is 41.1. The fourth-order valence-electron chi connectivity index (χ4n) is 8.37. The van der Waals surface area contributed by atoms with E-state index in [2.05, 4.69) is 0 Å². The van der Waals surface area contributed by atoms with E-state index in [1.54, 1.807) is 47.0 Å². The van der Waals surface area contributed by atoms with Crippen molar-refractivity contribution < 1.29 is 73.7 Å². The van der Waals surface area contributed by atoms with Gasteiger partial charge in [0.25, 0.3) is 0 Å². The molecule has 0 amide bonds. The highest BCUT2D eigenvalue weighted by molar-refractivity contribution is 5.88. The fraction of sp³-hybridized carbons (Fsp3) is 0.717. The molecule has 2 saturated heterocycles. The molecule has 16 atom stereocenters. The van der Waals surface area contributed by atoms with Gasteiger partial charge in [-0.1, -0.05) is 61.8 Å². The van der Waals surface area contributed by atoms with Crippen molar-refractivity contribution in [2.45, 2.75) is 167 Å². The minimum absolute atomic E-state index is 0.0426. The fourth-order valence-corrected chi connectivity index (χ4v) is 8.37. The molecular formula is C46H74O15. The second-order valence-corrected chi connectivity index (χ2v) is 17.5. The number of allylic oxidation sites excluding steroid dienone is 7. The number of ether oxygens (including phenoxy) is 7. The van der Waals surface area contributed by atoms with E-state index in [-0.39, 0.29) is 24.3 Å². The predicted octanol–water partition coefficient (Wildman–Crippen LogP) is 3.69. The van der Waals surface area contributed by atoms with Crippen molar-refractivity contribution in [2.75, 3.05) is 27.9 Å². The zero-order valence-corrected chi connectivity index (χ0v) is 38.3. The number of hydrogen-bond acceptors (Lipinski definition) is 15. The van der Waals surface area contributed by atoms with Crippen LogP contribution in [0.3, 0.4) is 0 Å². The van der Waals surface area contributed by atoms with Gasteiger partial charge < -0.3 is 68.9 Å². The molecule has 16 unspecified atom stereocenters. The quantitative estimate of drug-likeness (QED) is 0.123. The highest BCUT2D eigenvalue weighted by Gasteiger charge is 2.62. The van der Waals surface area contributed by atoms with Crippen molar-refractivity contribution in [1.29, 1.82) is 0 Å². The molecule has 3 aliphatic heterocycles.